The van der Waals surface area contributed by atoms with Gasteiger partial charge in [0.2, 0.25) is 5.91 Å². The first kappa shape index (κ1) is 22.0. The molecule has 0 radical (unpaired) electrons. The molecule has 0 spiro atoms. The lowest BCUT2D eigenvalue weighted by Gasteiger charge is -2.32. The van der Waals surface area contributed by atoms with E-state index in [0.717, 1.165) is 87.8 Å². The van der Waals surface area contributed by atoms with Gasteiger partial charge in [0.1, 0.15) is 12.2 Å². The van der Waals surface area contributed by atoms with Crippen LogP contribution in [-0.2, 0) is 17.8 Å². The zero-order chi connectivity index (χ0) is 21.6. The maximum Gasteiger partial charge on any atom is 0.224 e. The highest BCUT2D eigenvalue weighted by Gasteiger charge is 2.28. The molecule has 1 atom stereocenters. The van der Waals surface area contributed by atoms with Gasteiger partial charge in [0.05, 0.1) is 5.92 Å². The molecule has 4 heterocycles. The van der Waals surface area contributed by atoms with Gasteiger partial charge in [0.15, 0.2) is 17.0 Å². The number of anilines is 1. The number of hydrogen-bond donors (Lipinski definition) is 1. The van der Waals surface area contributed by atoms with Gasteiger partial charge in [-0.1, -0.05) is 20.3 Å². The Balaban J connectivity index is 1.40. The van der Waals surface area contributed by atoms with E-state index < -0.39 is 0 Å². The molecule has 0 aliphatic carbocycles. The Hall–Kier alpha value is -2.22. The normalized spacial score (nSPS) is 19.5. The van der Waals surface area contributed by atoms with Crippen LogP contribution in [0, 0.1) is 5.92 Å². The smallest absolute Gasteiger partial charge is 0.224 e. The molecule has 2 aromatic heterocycles. The summed E-state index contributed by atoms with van der Waals surface area (Å²) in [5, 5.41) is 3.17. The topological polar surface area (TPSA) is 79.2 Å². The summed E-state index contributed by atoms with van der Waals surface area (Å²) in [5.74, 6) is 2.21. The molecule has 8 nitrogen and oxygen atoms in total. The van der Waals surface area contributed by atoms with Crippen LogP contribution in [0.3, 0.4) is 0 Å². The summed E-state index contributed by atoms with van der Waals surface area (Å²) in [6, 6.07) is 0. The monoisotopic (exact) mass is 427 g/mol. The van der Waals surface area contributed by atoms with Crippen molar-refractivity contribution < 1.29 is 4.79 Å². The average molecular weight is 428 g/mol. The fraction of sp³-hybridized carbons (Fsp3) is 0.739. The van der Waals surface area contributed by atoms with Gasteiger partial charge in [0.25, 0.3) is 0 Å². The van der Waals surface area contributed by atoms with Gasteiger partial charge >= 0.3 is 0 Å². The van der Waals surface area contributed by atoms with Crippen LogP contribution in [0.25, 0.3) is 11.2 Å². The van der Waals surface area contributed by atoms with Crippen molar-refractivity contribution in [3.05, 3.63) is 12.2 Å². The van der Waals surface area contributed by atoms with Crippen LogP contribution in [0.4, 0.5) is 5.82 Å². The van der Waals surface area contributed by atoms with E-state index in [0.29, 0.717) is 6.54 Å². The third kappa shape index (κ3) is 5.00. The van der Waals surface area contributed by atoms with Crippen molar-refractivity contribution in [3.63, 3.8) is 0 Å². The van der Waals surface area contributed by atoms with Crippen molar-refractivity contribution in [1.29, 1.82) is 0 Å². The third-order valence-electron chi connectivity index (χ3n) is 6.81. The summed E-state index contributed by atoms with van der Waals surface area (Å²) in [4.78, 5) is 31.6. The van der Waals surface area contributed by atoms with E-state index in [1.165, 1.54) is 19.3 Å². The lowest BCUT2D eigenvalue weighted by molar-refractivity contribution is -0.125. The molecule has 1 saturated heterocycles. The van der Waals surface area contributed by atoms with E-state index in [1.54, 1.807) is 6.33 Å². The Morgan fingerprint density at radius 1 is 1.16 bits per heavy atom. The standard InChI is InChI=1S/C23H37N7O/c1-3-28(4-2)13-9-12-24-23(31)18-10-8-14-29(16-18)21-20-22(26-17-25-21)30-15-7-5-6-11-19(30)27-20/h17-18H,3-16H2,1-2H3,(H,24,31)/t18-/m0/s1. The van der Waals surface area contributed by atoms with E-state index in [9.17, 15) is 4.79 Å². The number of carbonyl (C=O) groups is 1. The van der Waals surface area contributed by atoms with Crippen molar-refractivity contribution in [2.24, 2.45) is 5.92 Å². The minimum atomic E-state index is 0.00709. The zero-order valence-corrected chi connectivity index (χ0v) is 19.1. The number of amides is 1. The second kappa shape index (κ2) is 10.4. The second-order valence-corrected chi connectivity index (χ2v) is 8.82. The minimum Gasteiger partial charge on any atom is -0.356 e. The van der Waals surface area contributed by atoms with Gasteiger partial charge in [-0.25, -0.2) is 15.0 Å². The lowest BCUT2D eigenvalue weighted by atomic mass is 9.97. The second-order valence-electron chi connectivity index (χ2n) is 8.82. The number of fused-ring (bicyclic) bond motifs is 3. The van der Waals surface area contributed by atoms with E-state index in [1.807, 2.05) is 0 Å². The lowest BCUT2D eigenvalue weighted by Crippen LogP contribution is -2.44. The fourth-order valence-electron chi connectivity index (χ4n) is 4.94. The third-order valence-corrected chi connectivity index (χ3v) is 6.81. The largest absolute Gasteiger partial charge is 0.356 e. The number of imidazole rings is 1. The Kier molecular flexibility index (Phi) is 7.37. The van der Waals surface area contributed by atoms with Gasteiger partial charge in [0, 0.05) is 32.6 Å². The van der Waals surface area contributed by atoms with Crippen LogP contribution >= 0.6 is 0 Å². The van der Waals surface area contributed by atoms with E-state index in [-0.39, 0.29) is 11.8 Å². The molecule has 0 aromatic carbocycles. The molecule has 2 aliphatic rings. The van der Waals surface area contributed by atoms with Crippen LogP contribution in [0.15, 0.2) is 6.33 Å². The van der Waals surface area contributed by atoms with E-state index in [2.05, 4.69) is 43.5 Å². The molecule has 4 rings (SSSR count). The van der Waals surface area contributed by atoms with Gasteiger partial charge in [-0.2, -0.15) is 0 Å². The molecule has 1 amide bonds. The predicted octanol–water partition coefficient (Wildman–Crippen LogP) is 2.62. The van der Waals surface area contributed by atoms with Crippen molar-refractivity contribution in [2.45, 2.75) is 65.3 Å². The molecule has 0 bridgehead atoms. The highest BCUT2D eigenvalue weighted by molar-refractivity contribution is 5.85. The minimum absolute atomic E-state index is 0.00709. The van der Waals surface area contributed by atoms with Crippen LogP contribution < -0.4 is 10.2 Å². The molecule has 170 valence electrons. The first-order valence-corrected chi connectivity index (χ1v) is 12.2. The van der Waals surface area contributed by atoms with E-state index >= 15 is 0 Å². The van der Waals surface area contributed by atoms with Crippen molar-refractivity contribution in [1.82, 2.24) is 29.7 Å². The number of aryl methyl sites for hydroxylation is 2. The van der Waals surface area contributed by atoms with Crippen molar-refractivity contribution in [2.75, 3.05) is 44.2 Å². The summed E-state index contributed by atoms with van der Waals surface area (Å²) < 4.78 is 2.28. The molecule has 2 aromatic rings. The average Bonchev–Trinajstić information content (AvgIpc) is 3.00. The number of aromatic nitrogens is 4. The number of nitrogens with zero attached hydrogens (tertiary/aromatic N) is 6. The van der Waals surface area contributed by atoms with Crippen LogP contribution in [0.5, 0.6) is 0 Å². The molecule has 0 unspecified atom stereocenters. The quantitative estimate of drug-likeness (QED) is 0.653. The van der Waals surface area contributed by atoms with Gasteiger partial charge in [-0.05, 0) is 51.7 Å². The molecule has 31 heavy (non-hydrogen) atoms. The highest BCUT2D eigenvalue weighted by Crippen LogP contribution is 2.29. The Morgan fingerprint density at radius 2 is 2.03 bits per heavy atom. The Labute approximate surface area is 185 Å². The van der Waals surface area contributed by atoms with Crippen LogP contribution in [0.2, 0.25) is 0 Å². The van der Waals surface area contributed by atoms with Crippen LogP contribution in [0.1, 0.15) is 58.2 Å². The summed E-state index contributed by atoms with van der Waals surface area (Å²) in [7, 11) is 0. The zero-order valence-electron chi connectivity index (χ0n) is 19.1. The maximum absolute atomic E-state index is 12.8. The summed E-state index contributed by atoms with van der Waals surface area (Å²) in [6.07, 6.45) is 9.22. The Morgan fingerprint density at radius 3 is 2.87 bits per heavy atom. The first-order valence-electron chi connectivity index (χ1n) is 12.2. The number of carbonyl (C=O) groups excluding carboxylic acids is 1. The SMILES string of the molecule is CCN(CC)CCCNC(=O)[C@H]1CCCN(c2ncnc3c2nc2n3CCCCC2)C1. The van der Waals surface area contributed by atoms with Crippen molar-refractivity contribution in [3.8, 4) is 0 Å². The van der Waals surface area contributed by atoms with Gasteiger partial charge in [-0.15, -0.1) is 0 Å². The number of rotatable bonds is 8. The van der Waals surface area contributed by atoms with Gasteiger partial charge < -0.3 is 19.7 Å². The maximum atomic E-state index is 12.8. The molecular weight excluding hydrogens is 390 g/mol. The molecule has 2 aliphatic heterocycles. The number of nitrogens with one attached hydrogen (secondary N) is 1. The highest BCUT2D eigenvalue weighted by atomic mass is 16.1. The summed E-state index contributed by atoms with van der Waals surface area (Å²) in [6.45, 7) is 10.9. The predicted molar refractivity (Wildman–Crippen MR) is 123 cm³/mol. The van der Waals surface area contributed by atoms with Crippen LogP contribution in [-0.4, -0.2) is 69.6 Å². The molecule has 0 saturated carbocycles. The molecule has 1 fully saturated rings. The van der Waals surface area contributed by atoms with Gasteiger partial charge in [-0.3, -0.25) is 4.79 Å². The summed E-state index contributed by atoms with van der Waals surface area (Å²) >= 11 is 0. The fourth-order valence-corrected chi connectivity index (χ4v) is 4.94. The molecule has 8 heteroatoms. The molecular formula is C23H37N7O. The Bertz CT molecular complexity index is 876. The number of piperidine rings is 1. The van der Waals surface area contributed by atoms with Crippen molar-refractivity contribution >= 4 is 22.9 Å². The van der Waals surface area contributed by atoms with E-state index in [4.69, 9.17) is 4.98 Å². The number of hydrogen-bond acceptors (Lipinski definition) is 6. The molecule has 1 N–H and O–H groups in total. The summed E-state index contributed by atoms with van der Waals surface area (Å²) in [5.41, 5.74) is 1.85. The first-order chi connectivity index (χ1) is 15.2.